The van der Waals surface area contributed by atoms with E-state index >= 15 is 0 Å². The summed E-state index contributed by atoms with van der Waals surface area (Å²) >= 11 is 4.97. The highest BCUT2D eigenvalue weighted by molar-refractivity contribution is 7.96. The van der Waals surface area contributed by atoms with Crippen LogP contribution in [0.4, 0.5) is 5.69 Å². The molecular weight excluding hydrogens is 188 g/mol. The molecule has 0 amide bonds. The predicted octanol–water partition coefficient (Wildman–Crippen LogP) is 2.71. The summed E-state index contributed by atoms with van der Waals surface area (Å²) in [7, 11) is 0. The maximum atomic E-state index is 4.38. The molecule has 0 fully saturated rings. The van der Waals surface area contributed by atoms with Gasteiger partial charge in [-0.2, -0.15) is 9.39 Å². The molecule has 1 rings (SSSR count). The smallest absolute Gasteiger partial charge is 0.0736 e. The summed E-state index contributed by atoms with van der Waals surface area (Å²) < 4.78 is 3.62. The fourth-order valence-electron chi connectivity index (χ4n) is 0.625. The minimum atomic E-state index is 0.596. The Bertz CT molecular complexity index is 347. The first-order valence-corrected chi connectivity index (χ1v) is 4.46. The van der Waals surface area contributed by atoms with Crippen molar-refractivity contribution in [2.75, 3.05) is 0 Å². The lowest BCUT2D eigenvalue weighted by atomic mass is 10.3. The van der Waals surface area contributed by atoms with Crippen molar-refractivity contribution in [1.82, 2.24) is 0 Å². The monoisotopic (exact) mass is 194 g/mol. The second-order valence-corrected chi connectivity index (χ2v) is 2.62. The maximum Gasteiger partial charge on any atom is 0.0736 e. The van der Waals surface area contributed by atoms with E-state index in [0.717, 1.165) is 5.69 Å². The zero-order chi connectivity index (χ0) is 8.65. The van der Waals surface area contributed by atoms with Crippen molar-refractivity contribution in [3.63, 3.8) is 0 Å². The van der Waals surface area contributed by atoms with E-state index in [1.54, 1.807) is 0 Å². The average Bonchev–Trinajstić information content (AvgIpc) is 2.14. The van der Waals surface area contributed by atoms with Gasteiger partial charge in [-0.15, -0.1) is 0 Å². The van der Waals surface area contributed by atoms with Gasteiger partial charge in [0.1, 0.15) is 0 Å². The van der Waals surface area contributed by atoms with Gasteiger partial charge in [0.05, 0.1) is 10.8 Å². The molecule has 0 bridgehead atoms. The van der Waals surface area contributed by atoms with E-state index in [1.807, 2.05) is 30.3 Å². The largest absolute Gasteiger partial charge is 0.198 e. The molecule has 12 heavy (non-hydrogen) atoms. The van der Waals surface area contributed by atoms with Crippen LogP contribution < -0.4 is 0 Å². The van der Waals surface area contributed by atoms with Gasteiger partial charge in [0.2, 0.25) is 0 Å². The number of rotatable bonds is 2. The molecule has 1 aromatic rings. The van der Waals surface area contributed by atoms with Crippen molar-refractivity contribution in [2.45, 2.75) is 0 Å². The molecule has 0 saturated carbocycles. The van der Waals surface area contributed by atoms with Crippen molar-refractivity contribution in [1.29, 1.82) is 0 Å². The van der Waals surface area contributed by atoms with Crippen molar-refractivity contribution in [2.24, 2.45) is 9.39 Å². The molecule has 1 aromatic carbocycles. The van der Waals surface area contributed by atoms with Crippen LogP contribution in [0.2, 0.25) is 0 Å². The SMILES string of the molecule is S=C=N[SH]=C=Nc1ccccc1. The van der Waals surface area contributed by atoms with Gasteiger partial charge in [-0.25, -0.2) is 0 Å². The van der Waals surface area contributed by atoms with Gasteiger partial charge in [0, 0.05) is 5.16 Å². The van der Waals surface area contributed by atoms with Crippen LogP contribution in [0.5, 0.6) is 0 Å². The molecule has 0 aliphatic rings. The standard InChI is InChI=1S/C8H6N2S2/c11-6-10-12-7-9-8-4-2-1-3-5-8/h1-5,12H. The summed E-state index contributed by atoms with van der Waals surface area (Å²) in [6.45, 7) is 0. The first kappa shape index (κ1) is 9.04. The van der Waals surface area contributed by atoms with Crippen molar-refractivity contribution >= 4 is 39.8 Å². The van der Waals surface area contributed by atoms with Crippen molar-refractivity contribution in [3.05, 3.63) is 30.3 Å². The third-order valence-electron chi connectivity index (χ3n) is 1.07. The number of aliphatic imine (C=N–C) groups is 1. The second-order valence-electron chi connectivity index (χ2n) is 1.84. The molecule has 0 saturated heterocycles. The van der Waals surface area contributed by atoms with Gasteiger partial charge >= 0.3 is 0 Å². The summed E-state index contributed by atoms with van der Waals surface area (Å²) in [5.41, 5.74) is 0.865. The van der Waals surface area contributed by atoms with Gasteiger partial charge in [0.25, 0.3) is 0 Å². The van der Waals surface area contributed by atoms with Crippen LogP contribution in [-0.4, -0.2) is 10.3 Å². The van der Waals surface area contributed by atoms with E-state index in [2.05, 4.69) is 31.9 Å². The molecule has 0 radical (unpaired) electrons. The third kappa shape index (κ3) is 3.37. The van der Waals surface area contributed by atoms with Crippen molar-refractivity contribution < 1.29 is 0 Å². The average molecular weight is 194 g/mol. The maximum absolute atomic E-state index is 4.38. The number of para-hydroxylation sites is 1. The van der Waals surface area contributed by atoms with E-state index in [-0.39, 0.29) is 0 Å². The number of hydrogen-bond acceptors (Lipinski definition) is 3. The molecule has 0 spiro atoms. The van der Waals surface area contributed by atoms with E-state index in [9.17, 15) is 0 Å². The Morgan fingerprint density at radius 3 is 2.67 bits per heavy atom. The molecular formula is C8H6N2S2. The fraction of sp³-hybridized carbons (Fsp3) is 0. The number of hydrogen-bond donors (Lipinski definition) is 1. The van der Waals surface area contributed by atoms with Crippen LogP contribution in [0, 0.1) is 0 Å². The first-order chi connectivity index (χ1) is 5.93. The normalized spacial score (nSPS) is 8.00. The fourth-order valence-corrected chi connectivity index (χ4v) is 0.994. The summed E-state index contributed by atoms with van der Waals surface area (Å²) in [5, 5.41) is 4.93. The van der Waals surface area contributed by atoms with E-state index in [4.69, 9.17) is 0 Å². The second kappa shape index (κ2) is 5.58. The summed E-state index contributed by atoms with van der Waals surface area (Å²) in [6, 6.07) is 9.55. The lowest BCUT2D eigenvalue weighted by molar-refractivity contribution is 1.55. The Balaban J connectivity index is 2.76. The molecule has 0 aromatic heterocycles. The van der Waals surface area contributed by atoms with Crippen LogP contribution in [0.1, 0.15) is 0 Å². The molecule has 2 nitrogen and oxygen atoms in total. The van der Waals surface area contributed by atoms with Crippen LogP contribution >= 0.6 is 23.8 Å². The van der Waals surface area contributed by atoms with Crippen molar-refractivity contribution in [3.8, 4) is 0 Å². The Morgan fingerprint density at radius 2 is 2.00 bits per heavy atom. The molecule has 0 aliphatic heterocycles. The molecule has 60 valence electrons. The zero-order valence-corrected chi connectivity index (χ0v) is 7.85. The number of thiocarbonyl (C=S) groups is 1. The number of nitrogens with zero attached hydrogens (tertiary/aromatic N) is 2. The quantitative estimate of drug-likeness (QED) is 0.437. The summed E-state index contributed by atoms with van der Waals surface area (Å²) in [6.07, 6.45) is 0. The van der Waals surface area contributed by atoms with Gasteiger partial charge in [-0.3, -0.25) is 0 Å². The van der Waals surface area contributed by atoms with Gasteiger partial charge < -0.3 is 0 Å². The Kier molecular flexibility index (Phi) is 4.21. The Morgan fingerprint density at radius 1 is 1.25 bits per heavy atom. The highest BCUT2D eigenvalue weighted by Crippen LogP contribution is 2.07. The minimum Gasteiger partial charge on any atom is -0.198 e. The molecule has 0 heterocycles. The summed E-state index contributed by atoms with van der Waals surface area (Å²) in [5.74, 6) is 0. The molecule has 0 atom stereocenters. The van der Waals surface area contributed by atoms with Crippen LogP contribution in [0.25, 0.3) is 0 Å². The Hall–Kier alpha value is -1.05. The van der Waals surface area contributed by atoms with Crippen LogP contribution in [-0.2, 0) is 0 Å². The van der Waals surface area contributed by atoms with Crippen LogP contribution in [0.15, 0.2) is 39.7 Å². The third-order valence-corrected chi connectivity index (χ3v) is 1.69. The Labute approximate surface area is 79.8 Å². The highest BCUT2D eigenvalue weighted by atomic mass is 32.1. The van der Waals surface area contributed by atoms with Crippen LogP contribution in [0.3, 0.4) is 0 Å². The number of isothiocyanates is 2. The lowest BCUT2D eigenvalue weighted by Gasteiger charge is -1.84. The molecule has 0 N–H and O–H groups in total. The zero-order valence-electron chi connectivity index (χ0n) is 6.14. The van der Waals surface area contributed by atoms with E-state index in [0.29, 0.717) is 11.5 Å². The van der Waals surface area contributed by atoms with E-state index < -0.39 is 0 Å². The minimum absolute atomic E-state index is 0.596. The van der Waals surface area contributed by atoms with E-state index in [1.165, 1.54) is 0 Å². The number of benzene rings is 1. The number of thiol groups is 1. The first-order valence-electron chi connectivity index (χ1n) is 3.21. The highest BCUT2D eigenvalue weighted by Gasteiger charge is 1.79. The summed E-state index contributed by atoms with van der Waals surface area (Å²) in [4.78, 5) is 4.00. The van der Waals surface area contributed by atoms with Gasteiger partial charge in [-0.1, -0.05) is 18.2 Å². The lowest BCUT2D eigenvalue weighted by Crippen LogP contribution is -1.59. The van der Waals surface area contributed by atoms with Gasteiger partial charge in [0.15, 0.2) is 0 Å². The molecule has 0 aliphatic carbocycles. The molecule has 4 heteroatoms. The molecule has 0 unspecified atom stereocenters. The predicted molar refractivity (Wildman–Crippen MR) is 57.5 cm³/mol. The van der Waals surface area contributed by atoms with Gasteiger partial charge in [-0.05, 0) is 35.9 Å². The topological polar surface area (TPSA) is 24.7 Å².